The second-order valence-electron chi connectivity index (χ2n) is 8.93. The average Bonchev–Trinajstić information content (AvgIpc) is 3.41. The zero-order valence-electron chi connectivity index (χ0n) is 18.4. The summed E-state index contributed by atoms with van der Waals surface area (Å²) in [5, 5.41) is 21.2. The van der Waals surface area contributed by atoms with Gasteiger partial charge in [-0.05, 0) is 61.6 Å². The van der Waals surface area contributed by atoms with Crippen LogP contribution in [0, 0.1) is 5.82 Å². The Morgan fingerprint density at radius 3 is 2.75 bits per heavy atom. The summed E-state index contributed by atoms with van der Waals surface area (Å²) in [5.41, 5.74) is 5.24. The smallest absolute Gasteiger partial charge is 0.159 e. The van der Waals surface area contributed by atoms with Crippen LogP contribution < -0.4 is 5.32 Å². The molecule has 0 aliphatic carbocycles. The molecule has 2 aromatic heterocycles. The van der Waals surface area contributed by atoms with Crippen LogP contribution in [0.3, 0.4) is 0 Å². The van der Waals surface area contributed by atoms with E-state index >= 15 is 4.39 Å². The summed E-state index contributed by atoms with van der Waals surface area (Å²) in [5.74, 6) is 0.417. The number of H-pyrrole nitrogens is 2. The number of fused-ring (bicyclic) bond motifs is 1. The molecule has 7 heteroatoms. The summed E-state index contributed by atoms with van der Waals surface area (Å²) in [6.45, 7) is 7.15. The number of phenols is 1. The minimum Gasteiger partial charge on any atom is -0.508 e. The predicted octanol–water partition coefficient (Wildman–Crippen LogP) is 5.18. The molecule has 0 bridgehead atoms. The Bertz CT molecular complexity index is 1350. The van der Waals surface area contributed by atoms with E-state index in [0.29, 0.717) is 28.9 Å². The van der Waals surface area contributed by atoms with E-state index in [2.05, 4.69) is 45.4 Å². The number of nitrogens with zero attached hydrogens (tertiary/aromatic N) is 2. The summed E-state index contributed by atoms with van der Waals surface area (Å²) in [7, 11) is 0. The van der Waals surface area contributed by atoms with E-state index in [1.165, 1.54) is 5.57 Å². The lowest BCUT2D eigenvalue weighted by molar-refractivity contribution is 0.406. The van der Waals surface area contributed by atoms with E-state index < -0.39 is 0 Å². The Morgan fingerprint density at radius 1 is 1.16 bits per heavy atom. The first-order valence-corrected chi connectivity index (χ1v) is 10.8. The first-order valence-electron chi connectivity index (χ1n) is 10.8. The SMILES string of the molecule is CCc1cc(O)ccc1-c1ccc2c(-c3ncc(C4=CCNC(C)(C)C4)[nH]3)[nH]nc2c1F. The van der Waals surface area contributed by atoms with Crippen LogP contribution in [0.1, 0.15) is 38.4 Å². The number of rotatable bonds is 4. The summed E-state index contributed by atoms with van der Waals surface area (Å²) >= 11 is 0. The number of hydrogen-bond donors (Lipinski definition) is 4. The third-order valence-electron chi connectivity index (χ3n) is 6.14. The molecule has 0 spiro atoms. The third-order valence-corrected chi connectivity index (χ3v) is 6.14. The number of aromatic amines is 2. The minimum atomic E-state index is -0.389. The second kappa shape index (κ2) is 7.60. The van der Waals surface area contributed by atoms with Crippen molar-refractivity contribution >= 4 is 16.5 Å². The molecule has 164 valence electrons. The van der Waals surface area contributed by atoms with Crippen LogP contribution in [-0.4, -0.2) is 37.4 Å². The molecule has 0 saturated carbocycles. The second-order valence-corrected chi connectivity index (χ2v) is 8.93. The van der Waals surface area contributed by atoms with Crippen molar-refractivity contribution in [2.45, 2.75) is 39.2 Å². The van der Waals surface area contributed by atoms with Gasteiger partial charge in [-0.15, -0.1) is 0 Å². The van der Waals surface area contributed by atoms with Crippen molar-refractivity contribution in [3.63, 3.8) is 0 Å². The molecule has 0 atom stereocenters. The maximum Gasteiger partial charge on any atom is 0.159 e. The number of imidazole rings is 1. The van der Waals surface area contributed by atoms with Gasteiger partial charge in [0.2, 0.25) is 0 Å². The quantitative estimate of drug-likeness (QED) is 0.358. The van der Waals surface area contributed by atoms with Gasteiger partial charge >= 0.3 is 0 Å². The van der Waals surface area contributed by atoms with Crippen molar-refractivity contribution in [1.29, 1.82) is 0 Å². The zero-order chi connectivity index (χ0) is 22.5. The average molecular weight is 432 g/mol. The summed E-state index contributed by atoms with van der Waals surface area (Å²) in [6, 6.07) is 8.64. The van der Waals surface area contributed by atoms with Gasteiger partial charge in [0.1, 0.15) is 17.0 Å². The topological polar surface area (TPSA) is 89.6 Å². The maximum absolute atomic E-state index is 15.5. The van der Waals surface area contributed by atoms with E-state index in [1.54, 1.807) is 24.3 Å². The van der Waals surface area contributed by atoms with Crippen LogP contribution in [0.15, 0.2) is 42.6 Å². The van der Waals surface area contributed by atoms with Crippen molar-refractivity contribution < 1.29 is 9.50 Å². The molecule has 1 aliphatic heterocycles. The summed E-state index contributed by atoms with van der Waals surface area (Å²) in [4.78, 5) is 7.92. The minimum absolute atomic E-state index is 0.0289. The van der Waals surface area contributed by atoms with Gasteiger partial charge in [-0.2, -0.15) is 5.10 Å². The van der Waals surface area contributed by atoms with Crippen molar-refractivity contribution in [1.82, 2.24) is 25.5 Å². The van der Waals surface area contributed by atoms with E-state index in [1.807, 2.05) is 19.2 Å². The number of aryl methyl sites for hydroxylation is 1. The first kappa shape index (κ1) is 20.5. The number of benzene rings is 2. The molecule has 32 heavy (non-hydrogen) atoms. The normalized spacial score (nSPS) is 15.8. The molecule has 0 saturated heterocycles. The molecule has 5 rings (SSSR count). The van der Waals surface area contributed by atoms with E-state index in [-0.39, 0.29) is 22.6 Å². The van der Waals surface area contributed by atoms with Gasteiger partial charge < -0.3 is 15.4 Å². The highest BCUT2D eigenvalue weighted by molar-refractivity contribution is 5.95. The highest BCUT2D eigenvalue weighted by Gasteiger charge is 2.24. The molecule has 3 heterocycles. The van der Waals surface area contributed by atoms with Gasteiger partial charge in [-0.25, -0.2) is 9.37 Å². The van der Waals surface area contributed by atoms with E-state index in [4.69, 9.17) is 0 Å². The standard InChI is InChI=1S/C25H26FN5O/c1-4-14-11-16(32)5-6-17(14)18-7-8-19-22(21(18)26)30-31-23(19)24-27-13-20(29-24)15-9-10-28-25(2,3)12-15/h5-9,11,13,28,32H,4,10,12H2,1-3H3,(H,27,29)(H,30,31). The van der Waals surface area contributed by atoms with Gasteiger partial charge in [-0.1, -0.05) is 25.1 Å². The van der Waals surface area contributed by atoms with Crippen LogP contribution >= 0.6 is 0 Å². The zero-order valence-corrected chi connectivity index (χ0v) is 18.4. The molecule has 2 aromatic carbocycles. The molecular formula is C25H26FN5O. The fraction of sp³-hybridized carbons (Fsp3) is 0.280. The third kappa shape index (κ3) is 3.48. The Labute approximate surface area is 185 Å². The van der Waals surface area contributed by atoms with E-state index in [0.717, 1.165) is 29.8 Å². The molecule has 1 aliphatic rings. The first-order chi connectivity index (χ1) is 15.4. The summed E-state index contributed by atoms with van der Waals surface area (Å²) in [6.07, 6.45) is 5.57. The lowest BCUT2D eigenvalue weighted by Gasteiger charge is -2.30. The van der Waals surface area contributed by atoms with Crippen LogP contribution in [0.4, 0.5) is 4.39 Å². The van der Waals surface area contributed by atoms with Crippen LogP contribution in [0.25, 0.3) is 39.1 Å². The Hall–Kier alpha value is -3.45. The fourth-order valence-corrected chi connectivity index (χ4v) is 4.45. The molecule has 0 radical (unpaired) electrons. The van der Waals surface area contributed by atoms with Crippen LogP contribution in [0.2, 0.25) is 0 Å². The predicted molar refractivity (Wildman–Crippen MR) is 125 cm³/mol. The number of nitrogens with one attached hydrogen (secondary N) is 3. The molecule has 4 N–H and O–H groups in total. The van der Waals surface area contributed by atoms with Crippen molar-refractivity contribution in [3.05, 3.63) is 59.7 Å². The van der Waals surface area contributed by atoms with Crippen molar-refractivity contribution in [3.8, 4) is 28.4 Å². The van der Waals surface area contributed by atoms with Gasteiger partial charge in [0.25, 0.3) is 0 Å². The van der Waals surface area contributed by atoms with Crippen molar-refractivity contribution in [2.24, 2.45) is 0 Å². The molecular weight excluding hydrogens is 405 g/mol. The van der Waals surface area contributed by atoms with Crippen LogP contribution in [0.5, 0.6) is 5.75 Å². The molecule has 0 amide bonds. The Kier molecular flexibility index (Phi) is 4.86. The Balaban J connectivity index is 1.54. The monoisotopic (exact) mass is 431 g/mol. The number of halogens is 1. The highest BCUT2D eigenvalue weighted by Crippen LogP contribution is 2.35. The van der Waals surface area contributed by atoms with Gasteiger partial charge in [-0.3, -0.25) is 5.10 Å². The molecule has 0 unspecified atom stereocenters. The largest absolute Gasteiger partial charge is 0.508 e. The Morgan fingerprint density at radius 2 is 1.97 bits per heavy atom. The number of aromatic hydroxyl groups is 1. The molecule has 4 aromatic rings. The number of hydrogen-bond acceptors (Lipinski definition) is 4. The number of phenolic OH excluding ortho intramolecular Hbond substituents is 1. The van der Waals surface area contributed by atoms with Gasteiger partial charge in [0.15, 0.2) is 11.6 Å². The molecule has 6 nitrogen and oxygen atoms in total. The summed E-state index contributed by atoms with van der Waals surface area (Å²) < 4.78 is 15.5. The van der Waals surface area contributed by atoms with E-state index in [9.17, 15) is 5.11 Å². The van der Waals surface area contributed by atoms with Crippen LogP contribution in [-0.2, 0) is 6.42 Å². The maximum atomic E-state index is 15.5. The number of aromatic nitrogens is 4. The highest BCUT2D eigenvalue weighted by atomic mass is 19.1. The lowest BCUT2D eigenvalue weighted by Crippen LogP contribution is -2.42. The van der Waals surface area contributed by atoms with Gasteiger partial charge in [0, 0.05) is 23.0 Å². The fourth-order valence-electron chi connectivity index (χ4n) is 4.45. The lowest BCUT2D eigenvalue weighted by atomic mass is 9.90. The van der Waals surface area contributed by atoms with Crippen molar-refractivity contribution in [2.75, 3.05) is 6.54 Å². The van der Waals surface area contributed by atoms with Gasteiger partial charge in [0.05, 0.1) is 11.9 Å². The molecule has 0 fully saturated rings.